The minimum absolute atomic E-state index is 0.129. The number of nitrogens with one attached hydrogen (secondary N) is 1. The lowest BCUT2D eigenvalue weighted by molar-refractivity contribution is -0.138. The second-order valence-corrected chi connectivity index (χ2v) is 9.61. The Labute approximate surface area is 187 Å². The number of carboxylic acid groups (broad SMARTS) is 1. The van der Waals surface area contributed by atoms with Crippen LogP contribution in [0.3, 0.4) is 0 Å². The second kappa shape index (κ2) is 9.24. The molecule has 4 rings (SSSR count). The number of benzene rings is 2. The lowest BCUT2D eigenvalue weighted by Gasteiger charge is -2.26. The summed E-state index contributed by atoms with van der Waals surface area (Å²) in [6.07, 6.45) is 0.558. The molecule has 2 aliphatic heterocycles. The van der Waals surface area contributed by atoms with E-state index in [1.165, 1.54) is 5.56 Å². The van der Waals surface area contributed by atoms with Gasteiger partial charge in [-0.3, -0.25) is 9.59 Å². The van der Waals surface area contributed by atoms with Gasteiger partial charge in [-0.05, 0) is 30.2 Å². The average Bonchev–Trinajstić information content (AvgIpc) is 3.06. The third-order valence-corrected chi connectivity index (χ3v) is 7.30. The van der Waals surface area contributed by atoms with Gasteiger partial charge in [0.15, 0.2) is 5.17 Å². The van der Waals surface area contributed by atoms with Gasteiger partial charge in [0.05, 0.1) is 12.1 Å². The topological polar surface area (TPSA) is 91.1 Å². The molecular weight excluding hydrogens is 442 g/mol. The number of rotatable bonds is 5. The molecule has 0 radical (unpaired) electrons. The molecule has 30 heavy (non-hydrogen) atoms. The van der Waals surface area contributed by atoms with Gasteiger partial charge < -0.3 is 10.4 Å². The van der Waals surface area contributed by atoms with Crippen LogP contribution in [-0.2, 0) is 16.0 Å². The van der Waals surface area contributed by atoms with Crippen molar-refractivity contribution in [3.05, 3.63) is 64.7 Å². The van der Waals surface area contributed by atoms with Crippen molar-refractivity contribution in [2.75, 3.05) is 5.75 Å². The van der Waals surface area contributed by atoms with Crippen molar-refractivity contribution in [3.8, 4) is 0 Å². The molecule has 0 aliphatic carbocycles. The number of carbonyl (C=O) groups excluding carboxylic acids is 1. The molecule has 1 amide bonds. The number of hydrogen-bond donors (Lipinski definition) is 2. The molecule has 2 aromatic carbocycles. The van der Waals surface area contributed by atoms with Crippen LogP contribution in [0.15, 0.2) is 63.6 Å². The Morgan fingerprint density at radius 3 is 2.77 bits per heavy atom. The highest BCUT2D eigenvalue weighted by atomic mass is 35.5. The highest BCUT2D eigenvalue weighted by molar-refractivity contribution is 8.15. The summed E-state index contributed by atoms with van der Waals surface area (Å²) in [6.45, 7) is 0. The molecule has 2 aromatic rings. The SMILES string of the molecule is O=C(O)CC1SC(=NN=C2c3cc(Cl)ccc3SCC2Cc2ccccc2)NC1=O. The summed E-state index contributed by atoms with van der Waals surface area (Å²) in [6, 6.07) is 15.9. The van der Waals surface area contributed by atoms with E-state index in [1.807, 2.05) is 36.4 Å². The van der Waals surface area contributed by atoms with Crippen LogP contribution in [0.1, 0.15) is 17.5 Å². The van der Waals surface area contributed by atoms with Crippen LogP contribution in [0.4, 0.5) is 0 Å². The van der Waals surface area contributed by atoms with Crippen molar-refractivity contribution in [1.82, 2.24) is 5.32 Å². The summed E-state index contributed by atoms with van der Waals surface area (Å²) in [5, 5.41) is 20.6. The molecule has 2 unspecified atom stereocenters. The Kier molecular flexibility index (Phi) is 6.46. The average molecular weight is 460 g/mol. The fourth-order valence-corrected chi connectivity index (χ4v) is 5.57. The number of aliphatic carboxylic acids is 1. The van der Waals surface area contributed by atoms with Gasteiger partial charge >= 0.3 is 5.97 Å². The van der Waals surface area contributed by atoms with Crippen molar-refractivity contribution in [1.29, 1.82) is 0 Å². The summed E-state index contributed by atoms with van der Waals surface area (Å²) in [7, 11) is 0. The molecule has 9 heteroatoms. The van der Waals surface area contributed by atoms with Crippen molar-refractivity contribution in [2.45, 2.75) is 23.0 Å². The van der Waals surface area contributed by atoms with Crippen LogP contribution < -0.4 is 5.32 Å². The number of thioether (sulfide) groups is 2. The lowest BCUT2D eigenvalue weighted by atomic mass is 9.91. The van der Waals surface area contributed by atoms with E-state index in [0.717, 1.165) is 40.1 Å². The molecule has 2 N–H and O–H groups in total. The minimum Gasteiger partial charge on any atom is -0.481 e. The third kappa shape index (κ3) is 4.88. The maximum Gasteiger partial charge on any atom is 0.305 e. The Hall–Kier alpha value is -2.29. The van der Waals surface area contributed by atoms with Crippen LogP contribution in [-0.4, -0.2) is 38.9 Å². The summed E-state index contributed by atoms with van der Waals surface area (Å²) >= 11 is 9.11. The Balaban J connectivity index is 1.65. The zero-order valence-corrected chi connectivity index (χ0v) is 18.1. The zero-order chi connectivity index (χ0) is 21.1. The van der Waals surface area contributed by atoms with Gasteiger partial charge in [0.2, 0.25) is 5.91 Å². The van der Waals surface area contributed by atoms with Gasteiger partial charge in [0, 0.05) is 27.2 Å². The Bertz CT molecular complexity index is 1040. The van der Waals surface area contributed by atoms with E-state index < -0.39 is 11.2 Å². The highest BCUT2D eigenvalue weighted by Gasteiger charge is 2.32. The molecule has 6 nitrogen and oxygen atoms in total. The van der Waals surface area contributed by atoms with E-state index in [-0.39, 0.29) is 18.2 Å². The monoisotopic (exact) mass is 459 g/mol. The predicted octanol–water partition coefficient (Wildman–Crippen LogP) is 4.07. The highest BCUT2D eigenvalue weighted by Crippen LogP contribution is 2.36. The van der Waals surface area contributed by atoms with E-state index in [2.05, 4.69) is 27.7 Å². The molecule has 1 fully saturated rings. The van der Waals surface area contributed by atoms with E-state index in [1.54, 1.807) is 11.8 Å². The molecular formula is C21H18ClN3O3S2. The molecule has 1 saturated heterocycles. The Morgan fingerprint density at radius 1 is 1.20 bits per heavy atom. The Morgan fingerprint density at radius 2 is 2.00 bits per heavy atom. The largest absolute Gasteiger partial charge is 0.481 e. The van der Waals surface area contributed by atoms with Crippen LogP contribution in [0, 0.1) is 5.92 Å². The number of fused-ring (bicyclic) bond motifs is 1. The first-order valence-electron chi connectivity index (χ1n) is 9.31. The first kappa shape index (κ1) is 21.0. The first-order chi connectivity index (χ1) is 14.5. The van der Waals surface area contributed by atoms with Crippen LogP contribution >= 0.6 is 35.1 Å². The maximum absolute atomic E-state index is 12.0. The quantitative estimate of drug-likeness (QED) is 0.657. The summed E-state index contributed by atoms with van der Waals surface area (Å²) in [5.41, 5.74) is 2.97. The maximum atomic E-state index is 12.0. The van der Waals surface area contributed by atoms with Gasteiger partial charge in [-0.25, -0.2) is 0 Å². The number of carboxylic acids is 1. The number of amidine groups is 1. The van der Waals surface area contributed by atoms with Crippen molar-refractivity contribution >= 4 is 57.9 Å². The van der Waals surface area contributed by atoms with Gasteiger partial charge in [-0.15, -0.1) is 16.9 Å². The molecule has 0 aromatic heterocycles. The standard InChI is InChI=1S/C21H18ClN3O3S2/c22-14-6-7-16-15(9-14)19(13(11-29-16)8-12-4-2-1-3-5-12)24-25-21-23-20(28)17(30-21)10-18(26)27/h1-7,9,13,17H,8,10-11H2,(H,26,27)(H,23,25,28). The summed E-state index contributed by atoms with van der Waals surface area (Å²) in [4.78, 5) is 24.0. The normalized spacial score (nSPS) is 23.4. The van der Waals surface area contributed by atoms with E-state index >= 15 is 0 Å². The molecule has 0 saturated carbocycles. The van der Waals surface area contributed by atoms with Gasteiger partial charge in [0.25, 0.3) is 0 Å². The predicted molar refractivity (Wildman–Crippen MR) is 122 cm³/mol. The lowest BCUT2D eigenvalue weighted by Crippen LogP contribution is -2.27. The van der Waals surface area contributed by atoms with Gasteiger partial charge in [-0.2, -0.15) is 5.10 Å². The molecule has 2 aliphatic rings. The summed E-state index contributed by atoms with van der Waals surface area (Å²) < 4.78 is 0. The molecule has 154 valence electrons. The number of halogens is 1. The fraction of sp³-hybridized carbons (Fsp3) is 0.238. The summed E-state index contributed by atoms with van der Waals surface area (Å²) in [5.74, 6) is -0.394. The van der Waals surface area contributed by atoms with Crippen molar-refractivity contribution in [2.24, 2.45) is 16.1 Å². The molecule has 2 heterocycles. The van der Waals surface area contributed by atoms with E-state index in [4.69, 9.17) is 16.7 Å². The molecule has 2 atom stereocenters. The molecule has 0 bridgehead atoms. The van der Waals surface area contributed by atoms with E-state index in [0.29, 0.717) is 10.2 Å². The number of carbonyl (C=O) groups is 2. The number of nitrogens with zero attached hydrogens (tertiary/aromatic N) is 2. The minimum atomic E-state index is -1.02. The van der Waals surface area contributed by atoms with Crippen molar-refractivity contribution < 1.29 is 14.7 Å². The van der Waals surface area contributed by atoms with Crippen molar-refractivity contribution in [3.63, 3.8) is 0 Å². The zero-order valence-electron chi connectivity index (χ0n) is 15.7. The van der Waals surface area contributed by atoms with Crippen LogP contribution in [0.2, 0.25) is 5.02 Å². The number of amides is 1. The second-order valence-electron chi connectivity index (χ2n) is 6.92. The smallest absolute Gasteiger partial charge is 0.305 e. The first-order valence-corrected chi connectivity index (χ1v) is 11.6. The van der Waals surface area contributed by atoms with Crippen LogP contribution in [0.25, 0.3) is 0 Å². The van der Waals surface area contributed by atoms with E-state index in [9.17, 15) is 9.59 Å². The molecule has 0 spiro atoms. The third-order valence-electron chi connectivity index (χ3n) is 4.75. The van der Waals surface area contributed by atoms with Gasteiger partial charge in [0.1, 0.15) is 5.25 Å². The van der Waals surface area contributed by atoms with Gasteiger partial charge in [-0.1, -0.05) is 53.7 Å². The van der Waals surface area contributed by atoms with Crippen LogP contribution in [0.5, 0.6) is 0 Å². The fourth-order valence-electron chi connectivity index (χ4n) is 3.35. The number of hydrogen-bond acceptors (Lipinski definition) is 6.